The van der Waals surface area contributed by atoms with Crippen molar-refractivity contribution in [2.24, 2.45) is 0 Å². The molecule has 1 aromatic heterocycles. The van der Waals surface area contributed by atoms with Crippen molar-refractivity contribution in [3.05, 3.63) is 228 Å². The van der Waals surface area contributed by atoms with Gasteiger partial charge in [-0.05, 0) is 69.3 Å². The fourth-order valence-electron chi connectivity index (χ4n) is 9.07. The summed E-state index contributed by atoms with van der Waals surface area (Å²) in [6, 6.07) is 71.7. The third kappa shape index (κ3) is 5.15. The van der Waals surface area contributed by atoms with Crippen LogP contribution < -0.4 is 4.74 Å². The van der Waals surface area contributed by atoms with Gasteiger partial charge in [0.2, 0.25) is 0 Å². The first-order valence-corrected chi connectivity index (χ1v) is 19.5. The molecule has 1 aliphatic carbocycles. The number of para-hydroxylation sites is 2. The Morgan fingerprint density at radius 2 is 0.862 bits per heavy atom. The summed E-state index contributed by atoms with van der Waals surface area (Å²) in [7, 11) is 0. The Hall–Kier alpha value is -7.87. The summed E-state index contributed by atoms with van der Waals surface area (Å²) in [5.41, 5.74) is 15.2. The zero-order valence-corrected chi connectivity index (χ0v) is 31.3. The molecule has 11 rings (SSSR count). The Bertz CT molecular complexity index is 3060. The van der Waals surface area contributed by atoms with Crippen LogP contribution in [-0.2, 0) is 5.41 Å². The van der Waals surface area contributed by atoms with Crippen molar-refractivity contribution < 1.29 is 4.74 Å². The van der Waals surface area contributed by atoms with Gasteiger partial charge in [0, 0.05) is 27.8 Å². The van der Waals surface area contributed by atoms with Gasteiger partial charge < -0.3 is 4.74 Å². The van der Waals surface area contributed by atoms with Gasteiger partial charge in [-0.25, -0.2) is 9.97 Å². The molecule has 0 atom stereocenters. The minimum absolute atomic E-state index is 0.570. The average molecular weight is 740 g/mol. The summed E-state index contributed by atoms with van der Waals surface area (Å²) >= 11 is 0. The molecule has 0 bridgehead atoms. The Morgan fingerprint density at radius 1 is 0.379 bits per heavy atom. The molecule has 9 aromatic rings. The van der Waals surface area contributed by atoms with E-state index in [1.165, 1.54) is 22.3 Å². The van der Waals surface area contributed by atoms with Crippen LogP contribution in [-0.4, -0.2) is 9.97 Å². The molecule has 0 fully saturated rings. The quantitative estimate of drug-likeness (QED) is 0.176. The van der Waals surface area contributed by atoms with Gasteiger partial charge in [0.1, 0.15) is 11.5 Å². The van der Waals surface area contributed by atoms with Crippen LogP contribution in [0, 0.1) is 11.3 Å². The third-order valence-electron chi connectivity index (χ3n) is 11.6. The van der Waals surface area contributed by atoms with Crippen LogP contribution in [0.5, 0.6) is 11.5 Å². The van der Waals surface area contributed by atoms with E-state index in [-0.39, 0.29) is 0 Å². The van der Waals surface area contributed by atoms with Gasteiger partial charge in [0.25, 0.3) is 0 Å². The highest BCUT2D eigenvalue weighted by Crippen LogP contribution is 2.64. The Kier molecular flexibility index (Phi) is 7.74. The van der Waals surface area contributed by atoms with E-state index in [4.69, 9.17) is 14.7 Å². The van der Waals surface area contributed by atoms with Crippen molar-refractivity contribution in [2.45, 2.75) is 5.41 Å². The molecule has 0 saturated heterocycles. The SMILES string of the molecule is N#Cc1cccc(-c2cccc3c2Oc2c(-c4nc(-c5ccccc5)cc(-c5cccc(-c6ccccc6)c5)n4)cccc2C32c3ccccc3-c3ccccc32)c1. The second-order valence-corrected chi connectivity index (χ2v) is 14.8. The molecule has 4 heteroatoms. The molecular formula is C54H33N3O. The lowest BCUT2D eigenvalue weighted by atomic mass is 9.65. The molecule has 4 nitrogen and oxygen atoms in total. The molecule has 0 unspecified atom stereocenters. The maximum Gasteiger partial charge on any atom is 0.164 e. The van der Waals surface area contributed by atoms with E-state index >= 15 is 0 Å². The molecule has 0 radical (unpaired) electrons. The first-order chi connectivity index (χ1) is 28.7. The summed E-state index contributed by atoms with van der Waals surface area (Å²) in [5.74, 6) is 2.03. The number of nitrogens with zero attached hydrogens (tertiary/aromatic N) is 3. The van der Waals surface area contributed by atoms with E-state index in [9.17, 15) is 5.26 Å². The molecule has 0 amide bonds. The number of benzene rings is 8. The predicted octanol–water partition coefficient (Wildman–Crippen LogP) is 13.2. The zero-order chi connectivity index (χ0) is 38.6. The molecule has 0 saturated carbocycles. The smallest absolute Gasteiger partial charge is 0.164 e. The molecule has 0 N–H and O–H groups in total. The molecule has 58 heavy (non-hydrogen) atoms. The number of hydrogen-bond donors (Lipinski definition) is 0. The molecule has 1 aliphatic heterocycles. The summed E-state index contributed by atoms with van der Waals surface area (Å²) in [6.07, 6.45) is 0. The largest absolute Gasteiger partial charge is 0.455 e. The second-order valence-electron chi connectivity index (χ2n) is 14.8. The fraction of sp³-hybridized carbons (Fsp3) is 0.0185. The molecule has 270 valence electrons. The predicted molar refractivity (Wildman–Crippen MR) is 231 cm³/mol. The van der Waals surface area contributed by atoms with E-state index in [0.717, 1.165) is 67.2 Å². The number of nitriles is 1. The minimum atomic E-state index is -0.709. The van der Waals surface area contributed by atoms with Crippen molar-refractivity contribution in [1.82, 2.24) is 9.97 Å². The summed E-state index contributed by atoms with van der Waals surface area (Å²) in [6.45, 7) is 0. The van der Waals surface area contributed by atoms with Gasteiger partial charge in [-0.15, -0.1) is 0 Å². The Balaban J connectivity index is 1.20. The Morgan fingerprint density at radius 3 is 1.55 bits per heavy atom. The number of ether oxygens (including phenoxy) is 1. The summed E-state index contributed by atoms with van der Waals surface area (Å²) in [5, 5.41) is 9.91. The van der Waals surface area contributed by atoms with Crippen LogP contribution >= 0.6 is 0 Å². The molecule has 8 aromatic carbocycles. The van der Waals surface area contributed by atoms with Crippen LogP contribution in [0.3, 0.4) is 0 Å². The Labute approximate surface area is 337 Å². The number of rotatable bonds is 5. The van der Waals surface area contributed by atoms with Crippen molar-refractivity contribution in [2.75, 3.05) is 0 Å². The first kappa shape index (κ1) is 33.5. The van der Waals surface area contributed by atoms with Crippen LogP contribution in [0.4, 0.5) is 0 Å². The van der Waals surface area contributed by atoms with E-state index in [1.54, 1.807) is 0 Å². The summed E-state index contributed by atoms with van der Waals surface area (Å²) < 4.78 is 7.34. The van der Waals surface area contributed by atoms with Gasteiger partial charge in [-0.3, -0.25) is 0 Å². The number of aromatic nitrogens is 2. The highest BCUT2D eigenvalue weighted by atomic mass is 16.5. The van der Waals surface area contributed by atoms with E-state index < -0.39 is 5.41 Å². The zero-order valence-electron chi connectivity index (χ0n) is 31.3. The van der Waals surface area contributed by atoms with Gasteiger partial charge >= 0.3 is 0 Å². The normalized spacial score (nSPS) is 12.7. The lowest BCUT2D eigenvalue weighted by Crippen LogP contribution is -2.32. The standard InChI is InChI=1S/C54H33N3O/c55-34-35-15-11-21-39(31-35)41-25-13-29-47-51(41)58-52-44(26-14-30-48(52)54(47)45-27-9-7-23-42(45)43-24-8-10-28-46(43)54)53-56-49(37-18-5-2-6-19-37)33-50(57-53)40-22-12-20-38(32-40)36-16-3-1-4-17-36/h1-33H. The summed E-state index contributed by atoms with van der Waals surface area (Å²) in [4.78, 5) is 10.7. The van der Waals surface area contributed by atoms with Gasteiger partial charge in [0.15, 0.2) is 5.82 Å². The average Bonchev–Trinajstić information content (AvgIpc) is 3.60. The highest BCUT2D eigenvalue weighted by molar-refractivity contribution is 5.92. The number of fused-ring (bicyclic) bond motifs is 9. The minimum Gasteiger partial charge on any atom is -0.455 e. The maximum atomic E-state index is 9.91. The highest BCUT2D eigenvalue weighted by Gasteiger charge is 2.52. The van der Waals surface area contributed by atoms with Gasteiger partial charge in [0.05, 0.1) is 34.0 Å². The topological polar surface area (TPSA) is 58.8 Å². The molecule has 2 aliphatic rings. The monoisotopic (exact) mass is 739 g/mol. The second kappa shape index (κ2) is 13.4. The number of hydrogen-bond acceptors (Lipinski definition) is 4. The molecule has 2 heterocycles. The van der Waals surface area contributed by atoms with Crippen LogP contribution in [0.2, 0.25) is 0 Å². The lowest BCUT2D eigenvalue weighted by Gasteiger charge is -2.40. The van der Waals surface area contributed by atoms with Crippen molar-refractivity contribution in [3.63, 3.8) is 0 Å². The molecule has 1 spiro atoms. The van der Waals surface area contributed by atoms with Crippen LogP contribution in [0.1, 0.15) is 27.8 Å². The third-order valence-corrected chi connectivity index (χ3v) is 11.6. The lowest BCUT2D eigenvalue weighted by molar-refractivity contribution is 0.439. The van der Waals surface area contributed by atoms with Crippen molar-refractivity contribution >= 4 is 0 Å². The maximum absolute atomic E-state index is 9.91. The van der Waals surface area contributed by atoms with Crippen molar-refractivity contribution in [3.8, 4) is 84.9 Å². The van der Waals surface area contributed by atoms with E-state index in [2.05, 4.69) is 158 Å². The van der Waals surface area contributed by atoms with Gasteiger partial charge in [-0.2, -0.15) is 5.26 Å². The van der Waals surface area contributed by atoms with E-state index in [0.29, 0.717) is 17.1 Å². The first-order valence-electron chi connectivity index (χ1n) is 19.5. The van der Waals surface area contributed by atoms with Crippen LogP contribution in [0.15, 0.2) is 200 Å². The van der Waals surface area contributed by atoms with Crippen LogP contribution in [0.25, 0.3) is 67.3 Å². The van der Waals surface area contributed by atoms with E-state index in [1.807, 2.05) is 48.5 Å². The van der Waals surface area contributed by atoms with Gasteiger partial charge in [-0.1, -0.05) is 170 Å². The fourth-order valence-corrected chi connectivity index (χ4v) is 9.07. The van der Waals surface area contributed by atoms with Crippen molar-refractivity contribution in [1.29, 1.82) is 5.26 Å². The molecular weight excluding hydrogens is 707 g/mol.